The van der Waals surface area contributed by atoms with Crippen molar-refractivity contribution in [3.8, 4) is 5.75 Å². The minimum Gasteiger partial charge on any atom is -0.493 e. The second-order valence-electron chi connectivity index (χ2n) is 4.54. The molecule has 1 aliphatic rings. The van der Waals surface area contributed by atoms with Gasteiger partial charge in [0.05, 0.1) is 16.4 Å². The van der Waals surface area contributed by atoms with Crippen molar-refractivity contribution in [1.82, 2.24) is 0 Å². The molecule has 1 aliphatic heterocycles. The normalized spacial score (nSPS) is 14.5. The monoisotopic (exact) mass is 274 g/mol. The Bertz CT molecular complexity index is 691. The Morgan fingerprint density at radius 3 is 2.53 bits per heavy atom. The standard InChI is InChI=1S/C15H14O3S/c16-19(17,13-6-2-1-3-7-13)14-9-8-12-5-4-10-18-15(12)11-14/h1-3,6-9,11H,4-5,10H2. The van der Waals surface area contributed by atoms with E-state index in [2.05, 4.69) is 0 Å². The van der Waals surface area contributed by atoms with Crippen LogP contribution in [-0.4, -0.2) is 15.0 Å². The van der Waals surface area contributed by atoms with E-state index in [4.69, 9.17) is 4.74 Å². The van der Waals surface area contributed by atoms with E-state index in [0.29, 0.717) is 22.1 Å². The zero-order chi connectivity index (χ0) is 13.3. The predicted octanol–water partition coefficient (Wildman–Crippen LogP) is 2.84. The van der Waals surface area contributed by atoms with Gasteiger partial charge in [-0.15, -0.1) is 0 Å². The van der Waals surface area contributed by atoms with Crippen LogP contribution in [0.3, 0.4) is 0 Å². The van der Waals surface area contributed by atoms with Crippen LogP contribution in [0.15, 0.2) is 58.3 Å². The molecule has 2 aromatic carbocycles. The van der Waals surface area contributed by atoms with E-state index in [1.807, 2.05) is 6.07 Å². The molecule has 0 saturated carbocycles. The van der Waals surface area contributed by atoms with Crippen molar-refractivity contribution in [2.24, 2.45) is 0 Å². The summed E-state index contributed by atoms with van der Waals surface area (Å²) >= 11 is 0. The van der Waals surface area contributed by atoms with E-state index >= 15 is 0 Å². The highest BCUT2D eigenvalue weighted by Crippen LogP contribution is 2.30. The Balaban J connectivity index is 2.07. The molecule has 3 nitrogen and oxygen atoms in total. The van der Waals surface area contributed by atoms with Crippen LogP contribution in [0.5, 0.6) is 5.75 Å². The topological polar surface area (TPSA) is 43.4 Å². The van der Waals surface area contributed by atoms with Gasteiger partial charge < -0.3 is 4.74 Å². The lowest BCUT2D eigenvalue weighted by Gasteiger charge is -2.17. The van der Waals surface area contributed by atoms with Crippen molar-refractivity contribution < 1.29 is 13.2 Å². The Labute approximate surface area is 112 Å². The third-order valence-corrected chi connectivity index (χ3v) is 5.02. The summed E-state index contributed by atoms with van der Waals surface area (Å²) in [7, 11) is -3.45. The quantitative estimate of drug-likeness (QED) is 0.845. The fraction of sp³-hybridized carbons (Fsp3) is 0.200. The van der Waals surface area contributed by atoms with Crippen LogP contribution in [0, 0.1) is 0 Å². The highest BCUT2D eigenvalue weighted by atomic mass is 32.2. The van der Waals surface area contributed by atoms with Crippen molar-refractivity contribution in [2.75, 3.05) is 6.61 Å². The van der Waals surface area contributed by atoms with Gasteiger partial charge in [0, 0.05) is 0 Å². The molecule has 19 heavy (non-hydrogen) atoms. The first-order valence-electron chi connectivity index (χ1n) is 6.24. The summed E-state index contributed by atoms with van der Waals surface area (Å²) in [6.45, 7) is 0.655. The minimum absolute atomic E-state index is 0.291. The molecule has 0 unspecified atom stereocenters. The molecule has 2 aromatic rings. The molecule has 0 bridgehead atoms. The number of rotatable bonds is 2. The Hall–Kier alpha value is -1.81. The van der Waals surface area contributed by atoms with Gasteiger partial charge in [-0.25, -0.2) is 8.42 Å². The van der Waals surface area contributed by atoms with Crippen LogP contribution in [0.2, 0.25) is 0 Å². The number of hydrogen-bond donors (Lipinski definition) is 0. The second kappa shape index (κ2) is 4.70. The van der Waals surface area contributed by atoms with Gasteiger partial charge in [0.2, 0.25) is 9.84 Å². The first kappa shape index (κ1) is 12.2. The molecule has 3 rings (SSSR count). The highest BCUT2D eigenvalue weighted by molar-refractivity contribution is 7.91. The number of fused-ring (bicyclic) bond motifs is 1. The van der Waals surface area contributed by atoms with Crippen LogP contribution < -0.4 is 4.74 Å². The average molecular weight is 274 g/mol. The van der Waals surface area contributed by atoms with Crippen LogP contribution in [-0.2, 0) is 16.3 Å². The summed E-state index contributed by atoms with van der Waals surface area (Å²) in [5, 5.41) is 0. The van der Waals surface area contributed by atoms with Crippen molar-refractivity contribution in [3.63, 3.8) is 0 Å². The Morgan fingerprint density at radius 2 is 1.74 bits per heavy atom. The third-order valence-electron chi connectivity index (χ3n) is 3.25. The number of sulfone groups is 1. The van der Waals surface area contributed by atoms with Gasteiger partial charge in [-0.05, 0) is 42.7 Å². The van der Waals surface area contributed by atoms with E-state index in [1.165, 1.54) is 0 Å². The fourth-order valence-electron chi connectivity index (χ4n) is 2.22. The van der Waals surface area contributed by atoms with Gasteiger partial charge >= 0.3 is 0 Å². The van der Waals surface area contributed by atoms with Crippen molar-refractivity contribution in [1.29, 1.82) is 0 Å². The van der Waals surface area contributed by atoms with Crippen LogP contribution in [0.4, 0.5) is 0 Å². The summed E-state index contributed by atoms with van der Waals surface area (Å²) in [5.74, 6) is 0.697. The first-order valence-corrected chi connectivity index (χ1v) is 7.72. The van der Waals surface area contributed by atoms with Crippen molar-refractivity contribution in [3.05, 3.63) is 54.1 Å². The van der Waals surface area contributed by atoms with E-state index in [1.54, 1.807) is 42.5 Å². The lowest BCUT2D eigenvalue weighted by molar-refractivity contribution is 0.287. The summed E-state index contributed by atoms with van der Waals surface area (Å²) < 4.78 is 30.5. The molecule has 0 atom stereocenters. The van der Waals surface area contributed by atoms with Crippen LogP contribution in [0.25, 0.3) is 0 Å². The maximum Gasteiger partial charge on any atom is 0.206 e. The molecule has 0 fully saturated rings. The lowest BCUT2D eigenvalue weighted by atomic mass is 10.1. The molecule has 4 heteroatoms. The zero-order valence-corrected chi connectivity index (χ0v) is 11.2. The molecule has 0 aliphatic carbocycles. The number of hydrogen-bond acceptors (Lipinski definition) is 3. The Morgan fingerprint density at radius 1 is 0.947 bits per heavy atom. The maximum atomic E-state index is 12.5. The highest BCUT2D eigenvalue weighted by Gasteiger charge is 2.20. The van der Waals surface area contributed by atoms with Crippen molar-refractivity contribution >= 4 is 9.84 Å². The summed E-state index contributed by atoms with van der Waals surface area (Å²) in [6.07, 6.45) is 1.93. The van der Waals surface area contributed by atoms with Gasteiger partial charge in [0.15, 0.2) is 0 Å². The van der Waals surface area contributed by atoms with Crippen LogP contribution >= 0.6 is 0 Å². The molecule has 0 amide bonds. The van der Waals surface area contributed by atoms with Gasteiger partial charge in [0.25, 0.3) is 0 Å². The van der Waals surface area contributed by atoms with Crippen molar-refractivity contribution in [2.45, 2.75) is 22.6 Å². The molecular formula is C15H14O3S. The predicted molar refractivity (Wildman–Crippen MR) is 72.2 cm³/mol. The number of ether oxygens (including phenoxy) is 1. The number of benzene rings is 2. The fourth-order valence-corrected chi connectivity index (χ4v) is 3.52. The largest absolute Gasteiger partial charge is 0.493 e. The van der Waals surface area contributed by atoms with Gasteiger partial charge in [0.1, 0.15) is 5.75 Å². The summed E-state index contributed by atoms with van der Waals surface area (Å²) in [6, 6.07) is 13.6. The van der Waals surface area contributed by atoms with Crippen LogP contribution in [0.1, 0.15) is 12.0 Å². The molecule has 0 saturated heterocycles. The third kappa shape index (κ3) is 2.24. The Kier molecular flexibility index (Phi) is 3.03. The molecule has 0 aromatic heterocycles. The number of aryl methyl sites for hydroxylation is 1. The van der Waals surface area contributed by atoms with Gasteiger partial charge in [-0.1, -0.05) is 24.3 Å². The van der Waals surface area contributed by atoms with Gasteiger partial charge in [-0.3, -0.25) is 0 Å². The summed E-state index contributed by atoms with van der Waals surface area (Å²) in [4.78, 5) is 0.602. The first-order chi connectivity index (χ1) is 9.18. The average Bonchev–Trinajstić information content (AvgIpc) is 2.47. The van der Waals surface area contributed by atoms with E-state index in [-0.39, 0.29) is 0 Å². The smallest absolute Gasteiger partial charge is 0.206 e. The maximum absolute atomic E-state index is 12.5. The SMILES string of the molecule is O=S(=O)(c1ccccc1)c1ccc2c(c1)OCCC2. The molecule has 1 heterocycles. The van der Waals surface area contributed by atoms with E-state index in [0.717, 1.165) is 18.4 Å². The summed E-state index contributed by atoms with van der Waals surface area (Å²) in [5.41, 5.74) is 1.08. The molecule has 0 spiro atoms. The minimum atomic E-state index is -3.45. The lowest BCUT2D eigenvalue weighted by Crippen LogP contribution is -2.10. The molecule has 98 valence electrons. The zero-order valence-electron chi connectivity index (χ0n) is 10.4. The van der Waals surface area contributed by atoms with Gasteiger partial charge in [-0.2, -0.15) is 0 Å². The molecule has 0 N–H and O–H groups in total. The second-order valence-corrected chi connectivity index (χ2v) is 6.49. The van der Waals surface area contributed by atoms with E-state index < -0.39 is 9.84 Å². The molecular weight excluding hydrogens is 260 g/mol. The van der Waals surface area contributed by atoms with E-state index in [9.17, 15) is 8.42 Å². The molecule has 0 radical (unpaired) electrons.